The van der Waals surface area contributed by atoms with Crippen molar-refractivity contribution in [3.05, 3.63) is 65.3 Å². The first-order chi connectivity index (χ1) is 20.0. The van der Waals surface area contributed by atoms with Gasteiger partial charge >= 0.3 is 0 Å². The van der Waals surface area contributed by atoms with Crippen molar-refractivity contribution >= 4 is 17.1 Å². The van der Waals surface area contributed by atoms with Crippen molar-refractivity contribution in [2.75, 3.05) is 11.9 Å². The van der Waals surface area contributed by atoms with Crippen LogP contribution in [0.3, 0.4) is 0 Å². The topological polar surface area (TPSA) is 141 Å². The number of carbonyl (C=O) groups is 1. The maximum atomic E-state index is 14.4. The molecule has 220 valence electrons. The highest BCUT2D eigenvalue weighted by molar-refractivity contribution is 6.00. The van der Waals surface area contributed by atoms with Crippen LogP contribution in [0.15, 0.2) is 47.2 Å². The van der Waals surface area contributed by atoms with E-state index < -0.39 is 24.1 Å². The number of fused-ring (bicyclic) bond motifs is 1. The normalized spacial score (nSPS) is 18.1. The summed E-state index contributed by atoms with van der Waals surface area (Å²) in [5.74, 6) is -0.163. The largest absolute Gasteiger partial charge is 0.387 e. The molecule has 0 bridgehead atoms. The van der Waals surface area contributed by atoms with Crippen LogP contribution in [0.25, 0.3) is 16.9 Å². The van der Waals surface area contributed by atoms with Gasteiger partial charge in [0.1, 0.15) is 23.7 Å². The van der Waals surface area contributed by atoms with E-state index in [-0.39, 0.29) is 29.8 Å². The van der Waals surface area contributed by atoms with Gasteiger partial charge in [0.15, 0.2) is 0 Å². The maximum absolute atomic E-state index is 14.4. The fourth-order valence-corrected chi connectivity index (χ4v) is 5.02. The van der Waals surface area contributed by atoms with Gasteiger partial charge in [-0.05, 0) is 63.8 Å². The zero-order valence-electron chi connectivity index (χ0n) is 23.0. The second-order valence-corrected chi connectivity index (χ2v) is 11.0. The lowest BCUT2D eigenvalue weighted by molar-refractivity contribution is -0.00177. The smallest absolute Gasteiger partial charge is 0.283 e. The Morgan fingerprint density at radius 3 is 2.62 bits per heavy atom. The van der Waals surface area contributed by atoms with Crippen LogP contribution >= 0.6 is 0 Å². The van der Waals surface area contributed by atoms with Crippen LogP contribution in [0.1, 0.15) is 79.2 Å². The van der Waals surface area contributed by atoms with Gasteiger partial charge in [-0.3, -0.25) is 9.78 Å². The lowest BCUT2D eigenvalue weighted by Crippen LogP contribution is -2.42. The summed E-state index contributed by atoms with van der Waals surface area (Å²) in [6.07, 6.45) is 1.15. The van der Waals surface area contributed by atoms with E-state index in [2.05, 4.69) is 31.9 Å². The number of rotatable bonds is 9. The Morgan fingerprint density at radius 1 is 1.19 bits per heavy atom. The number of nitrogens with one attached hydrogen (secondary N) is 2. The number of nitrogens with zero attached hydrogens (tertiary/aromatic N) is 5. The standard InChI is InChI=1S/C29H30F3N7O3/c1-29(2,41)26(30)15-35-28(40)20-14-34-22(24-8-7-19-9-16(12-33)13-36-39(19)24)10-21(20)37-18-5-3-17(4-6-18)25-11-23(27(31)32)38-42-25/h7-11,13-14,17-18,26-27,41H,3-6,15H2,1-2H3,(H,34,37)(H,35,40)/t17-,18-,26-/m1/s1. The molecule has 0 aliphatic heterocycles. The average Bonchev–Trinajstić information content (AvgIpc) is 3.63. The van der Waals surface area contributed by atoms with E-state index in [0.29, 0.717) is 59.6 Å². The monoisotopic (exact) mass is 581 g/mol. The van der Waals surface area contributed by atoms with Gasteiger partial charge in [-0.2, -0.15) is 10.4 Å². The van der Waals surface area contributed by atoms with Crippen LogP contribution in [0.5, 0.6) is 0 Å². The molecule has 0 unspecified atom stereocenters. The Hall–Kier alpha value is -4.44. The molecule has 1 atom stereocenters. The van der Waals surface area contributed by atoms with Gasteiger partial charge in [-0.1, -0.05) is 5.16 Å². The molecule has 4 aromatic rings. The number of hydrogen-bond acceptors (Lipinski definition) is 8. The molecule has 13 heteroatoms. The van der Waals surface area contributed by atoms with Gasteiger partial charge in [0.25, 0.3) is 12.3 Å². The number of nitriles is 1. The van der Waals surface area contributed by atoms with Crippen molar-refractivity contribution in [1.82, 2.24) is 25.1 Å². The summed E-state index contributed by atoms with van der Waals surface area (Å²) in [5, 5.41) is 32.9. The number of anilines is 1. The maximum Gasteiger partial charge on any atom is 0.283 e. The van der Waals surface area contributed by atoms with Gasteiger partial charge < -0.3 is 20.3 Å². The predicted octanol–water partition coefficient (Wildman–Crippen LogP) is 5.17. The van der Waals surface area contributed by atoms with Crippen molar-refractivity contribution in [3.63, 3.8) is 0 Å². The van der Waals surface area contributed by atoms with Gasteiger partial charge in [0.05, 0.1) is 52.1 Å². The van der Waals surface area contributed by atoms with E-state index in [9.17, 15) is 28.3 Å². The molecule has 5 rings (SSSR count). The molecular weight excluding hydrogens is 551 g/mol. The van der Waals surface area contributed by atoms with E-state index in [1.54, 1.807) is 22.7 Å². The molecule has 0 radical (unpaired) electrons. The van der Waals surface area contributed by atoms with E-state index in [1.165, 1.54) is 32.3 Å². The molecule has 1 amide bonds. The van der Waals surface area contributed by atoms with E-state index >= 15 is 0 Å². The summed E-state index contributed by atoms with van der Waals surface area (Å²) in [7, 11) is 0. The number of pyridine rings is 1. The highest BCUT2D eigenvalue weighted by Crippen LogP contribution is 2.36. The fourth-order valence-electron chi connectivity index (χ4n) is 5.02. The average molecular weight is 582 g/mol. The van der Waals surface area contributed by atoms with Crippen molar-refractivity contribution in [3.8, 4) is 17.5 Å². The summed E-state index contributed by atoms with van der Waals surface area (Å²) in [6, 6.07) is 10.4. The predicted molar refractivity (Wildman–Crippen MR) is 147 cm³/mol. The minimum absolute atomic E-state index is 0.0430. The molecule has 1 aliphatic carbocycles. The molecule has 42 heavy (non-hydrogen) atoms. The number of hydrogen-bond donors (Lipinski definition) is 3. The molecule has 1 aliphatic rings. The Bertz CT molecular complexity index is 1610. The highest BCUT2D eigenvalue weighted by Gasteiger charge is 2.29. The second-order valence-electron chi connectivity index (χ2n) is 11.0. The van der Waals surface area contributed by atoms with Gasteiger partial charge in [-0.15, -0.1) is 0 Å². The second kappa shape index (κ2) is 11.8. The molecule has 10 nitrogen and oxygen atoms in total. The SMILES string of the molecule is CC(C)(O)[C@H](F)CNC(=O)c1cnc(-c2ccc3cc(C#N)cnn23)cc1N[C@H]1CC[C@H](c2cc(C(F)F)no2)CC1. The summed E-state index contributed by atoms with van der Waals surface area (Å²) in [5.41, 5.74) is 0.941. The van der Waals surface area contributed by atoms with Crippen LogP contribution in [-0.4, -0.2) is 55.1 Å². The Kier molecular flexibility index (Phi) is 8.17. The van der Waals surface area contributed by atoms with Gasteiger partial charge in [0.2, 0.25) is 0 Å². The van der Waals surface area contributed by atoms with Crippen molar-refractivity contribution < 1.29 is 27.6 Å². The quantitative estimate of drug-likeness (QED) is 0.246. The third-order valence-electron chi connectivity index (χ3n) is 7.51. The van der Waals surface area contributed by atoms with Crippen molar-refractivity contribution in [2.24, 2.45) is 0 Å². The van der Waals surface area contributed by atoms with Crippen LogP contribution in [0, 0.1) is 11.3 Å². The zero-order valence-corrected chi connectivity index (χ0v) is 23.0. The number of carbonyl (C=O) groups excluding carboxylic acids is 1. The minimum atomic E-state index is -2.69. The minimum Gasteiger partial charge on any atom is -0.387 e. The Morgan fingerprint density at radius 2 is 1.95 bits per heavy atom. The van der Waals surface area contributed by atoms with E-state index in [4.69, 9.17) is 4.52 Å². The van der Waals surface area contributed by atoms with Crippen LogP contribution in [0.2, 0.25) is 0 Å². The number of halogens is 3. The molecule has 0 saturated heterocycles. The summed E-state index contributed by atoms with van der Waals surface area (Å²) >= 11 is 0. The fraction of sp³-hybridized carbons (Fsp3) is 0.414. The number of amides is 1. The lowest BCUT2D eigenvalue weighted by Gasteiger charge is -2.29. The Labute approximate surface area is 239 Å². The summed E-state index contributed by atoms with van der Waals surface area (Å²) < 4.78 is 47.0. The van der Waals surface area contributed by atoms with E-state index in [0.717, 1.165) is 0 Å². The van der Waals surface area contributed by atoms with Crippen molar-refractivity contribution in [2.45, 2.75) is 69.7 Å². The van der Waals surface area contributed by atoms with Gasteiger partial charge in [0, 0.05) is 24.2 Å². The third-order valence-corrected chi connectivity index (χ3v) is 7.51. The summed E-state index contributed by atoms with van der Waals surface area (Å²) in [4.78, 5) is 17.6. The first-order valence-corrected chi connectivity index (χ1v) is 13.6. The first-order valence-electron chi connectivity index (χ1n) is 13.6. The molecule has 1 fully saturated rings. The van der Waals surface area contributed by atoms with Crippen LogP contribution in [-0.2, 0) is 0 Å². The molecular formula is C29H30F3N7O3. The van der Waals surface area contributed by atoms with Crippen LogP contribution in [0.4, 0.5) is 18.9 Å². The van der Waals surface area contributed by atoms with Crippen LogP contribution < -0.4 is 10.6 Å². The zero-order chi connectivity index (χ0) is 30.0. The summed E-state index contributed by atoms with van der Waals surface area (Å²) in [6.45, 7) is 2.26. The molecule has 0 aromatic carbocycles. The lowest BCUT2D eigenvalue weighted by atomic mass is 9.84. The number of aromatic nitrogens is 4. The Balaban J connectivity index is 1.38. The molecule has 3 N–H and O–H groups in total. The molecule has 4 aromatic heterocycles. The van der Waals surface area contributed by atoms with Gasteiger partial charge in [-0.25, -0.2) is 17.7 Å². The highest BCUT2D eigenvalue weighted by atomic mass is 19.3. The number of alkyl halides is 3. The first kappa shape index (κ1) is 29.1. The van der Waals surface area contributed by atoms with E-state index in [1.807, 2.05) is 6.07 Å². The number of aliphatic hydroxyl groups is 1. The third kappa shape index (κ3) is 6.23. The molecule has 1 saturated carbocycles. The molecule has 0 spiro atoms. The molecule has 4 heterocycles. The van der Waals surface area contributed by atoms with Crippen molar-refractivity contribution in [1.29, 1.82) is 5.26 Å².